The van der Waals surface area contributed by atoms with E-state index in [-0.39, 0.29) is 36.4 Å². The van der Waals surface area contributed by atoms with Gasteiger partial charge in [-0.3, -0.25) is 14.4 Å². The van der Waals surface area contributed by atoms with Crippen LogP contribution in [0.25, 0.3) is 11.2 Å². The minimum Gasteiger partial charge on any atom is -0.382 e. The number of benzene rings is 1. The number of rotatable bonds is 13. The van der Waals surface area contributed by atoms with Crippen LogP contribution >= 0.6 is 0 Å². The van der Waals surface area contributed by atoms with E-state index in [0.717, 1.165) is 18.5 Å². The molecule has 0 aliphatic heterocycles. The molecule has 13 heteroatoms. The molecule has 0 saturated heterocycles. The molecule has 0 spiro atoms. The summed E-state index contributed by atoms with van der Waals surface area (Å²) in [6.45, 7) is 5.38. The highest BCUT2D eigenvalue weighted by atomic mass is 16.2. The summed E-state index contributed by atoms with van der Waals surface area (Å²) in [7, 11) is 1.88. The number of nitrogens with two attached hydrogens (primary N) is 2. The van der Waals surface area contributed by atoms with Gasteiger partial charge in [0.2, 0.25) is 17.8 Å². The Bertz CT molecular complexity index is 1300. The number of anilines is 3. The third kappa shape index (κ3) is 8.22. The van der Waals surface area contributed by atoms with Crippen molar-refractivity contribution >= 4 is 46.3 Å². The van der Waals surface area contributed by atoms with Gasteiger partial charge < -0.3 is 32.3 Å². The van der Waals surface area contributed by atoms with Gasteiger partial charge in [-0.15, -0.1) is 0 Å². The van der Waals surface area contributed by atoms with Gasteiger partial charge >= 0.3 is 0 Å². The third-order valence-electron chi connectivity index (χ3n) is 5.87. The Labute approximate surface area is 227 Å². The molecule has 1 atom stereocenters. The summed E-state index contributed by atoms with van der Waals surface area (Å²) in [6, 6.07) is 6.13. The van der Waals surface area contributed by atoms with Crippen LogP contribution in [0.2, 0.25) is 0 Å². The standard InChI is InChI=1S/C26H36N10O3/c1-4-12-29-20(37)11-10-19(25(39)30-13-5-2)33-24(38)16-6-8-18(9-7-16)36(3)15-17-14-31-23-21(32-17)22(27)34-26(28)35-23/h6-9,14,19H,4-5,10-13,15H2,1-3H3,(H,29,37)(H,30,39)(H,33,38)(H4,27,28,31,34,35)/t19-/m0/s1. The second-order valence-electron chi connectivity index (χ2n) is 9.11. The number of hydrogen-bond acceptors (Lipinski definition) is 10. The SMILES string of the molecule is CCCNC(=O)CC[C@H](NC(=O)c1ccc(N(C)Cc2cnc3nc(N)nc(N)c3n2)cc1)C(=O)NCCC. The molecule has 1 aromatic carbocycles. The molecule has 39 heavy (non-hydrogen) atoms. The first kappa shape index (κ1) is 29.0. The van der Waals surface area contributed by atoms with Crippen LogP contribution in [0.15, 0.2) is 30.5 Å². The first-order valence-corrected chi connectivity index (χ1v) is 12.9. The van der Waals surface area contributed by atoms with Crippen molar-refractivity contribution in [2.45, 2.75) is 52.1 Å². The van der Waals surface area contributed by atoms with E-state index in [1.165, 1.54) is 0 Å². The fourth-order valence-corrected chi connectivity index (χ4v) is 3.77. The zero-order valence-corrected chi connectivity index (χ0v) is 22.5. The number of carbonyl (C=O) groups excluding carboxylic acids is 3. The van der Waals surface area contributed by atoms with Gasteiger partial charge in [0.1, 0.15) is 6.04 Å². The van der Waals surface area contributed by atoms with E-state index in [1.807, 2.05) is 25.8 Å². The van der Waals surface area contributed by atoms with Crippen LogP contribution in [0.3, 0.4) is 0 Å². The van der Waals surface area contributed by atoms with Gasteiger partial charge in [0, 0.05) is 37.8 Å². The van der Waals surface area contributed by atoms with E-state index in [1.54, 1.807) is 30.5 Å². The van der Waals surface area contributed by atoms with E-state index in [2.05, 4.69) is 35.9 Å². The maximum absolute atomic E-state index is 12.9. The summed E-state index contributed by atoms with van der Waals surface area (Å²) in [5.41, 5.74) is 14.1. The summed E-state index contributed by atoms with van der Waals surface area (Å²) in [6.07, 6.45) is 3.52. The van der Waals surface area contributed by atoms with Gasteiger partial charge in [0.05, 0.1) is 18.4 Å². The van der Waals surface area contributed by atoms with Crippen LogP contribution in [0.4, 0.5) is 17.5 Å². The largest absolute Gasteiger partial charge is 0.382 e. The Hall–Kier alpha value is -4.55. The van der Waals surface area contributed by atoms with Crippen LogP contribution in [0.1, 0.15) is 55.6 Å². The molecule has 0 fully saturated rings. The topological polar surface area (TPSA) is 194 Å². The highest BCUT2D eigenvalue weighted by Crippen LogP contribution is 2.19. The van der Waals surface area contributed by atoms with Gasteiger partial charge in [-0.2, -0.15) is 9.97 Å². The third-order valence-corrected chi connectivity index (χ3v) is 5.87. The summed E-state index contributed by atoms with van der Waals surface area (Å²) in [4.78, 5) is 56.3. The Balaban J connectivity index is 1.64. The molecule has 0 saturated carbocycles. The molecule has 0 aliphatic carbocycles. The normalized spacial score (nSPS) is 11.6. The first-order chi connectivity index (χ1) is 18.7. The Kier molecular flexibility index (Phi) is 10.3. The van der Waals surface area contributed by atoms with Crippen molar-refractivity contribution in [3.8, 4) is 0 Å². The van der Waals surface area contributed by atoms with Crippen molar-refractivity contribution in [2.24, 2.45) is 0 Å². The maximum atomic E-state index is 12.9. The highest BCUT2D eigenvalue weighted by Gasteiger charge is 2.22. The quantitative estimate of drug-likeness (QED) is 0.211. The lowest BCUT2D eigenvalue weighted by Crippen LogP contribution is -2.47. The number of hydrogen-bond donors (Lipinski definition) is 5. The van der Waals surface area contributed by atoms with Gasteiger partial charge in [-0.05, 0) is 43.5 Å². The highest BCUT2D eigenvalue weighted by molar-refractivity contribution is 5.98. The average molecular weight is 537 g/mol. The summed E-state index contributed by atoms with van der Waals surface area (Å²) >= 11 is 0. The van der Waals surface area contributed by atoms with Gasteiger partial charge in [0.15, 0.2) is 17.0 Å². The van der Waals surface area contributed by atoms with Crippen LogP contribution in [0, 0.1) is 0 Å². The van der Waals surface area contributed by atoms with E-state index in [4.69, 9.17) is 11.5 Å². The second-order valence-corrected chi connectivity index (χ2v) is 9.11. The molecular formula is C26H36N10O3. The van der Waals surface area contributed by atoms with Crippen LogP contribution in [0.5, 0.6) is 0 Å². The van der Waals surface area contributed by atoms with Crippen molar-refractivity contribution in [3.05, 3.63) is 41.7 Å². The van der Waals surface area contributed by atoms with Crippen LogP contribution in [-0.4, -0.2) is 63.8 Å². The smallest absolute Gasteiger partial charge is 0.251 e. The molecule has 2 heterocycles. The second kappa shape index (κ2) is 13.8. The van der Waals surface area contributed by atoms with Crippen molar-refractivity contribution in [1.29, 1.82) is 0 Å². The number of fused-ring (bicyclic) bond motifs is 1. The lowest BCUT2D eigenvalue weighted by Gasteiger charge is -2.20. The predicted octanol–water partition coefficient (Wildman–Crippen LogP) is 1.15. The molecule has 3 rings (SSSR count). The number of nitrogen functional groups attached to an aromatic ring is 2. The zero-order valence-electron chi connectivity index (χ0n) is 22.5. The van der Waals surface area contributed by atoms with E-state index in [9.17, 15) is 14.4 Å². The lowest BCUT2D eigenvalue weighted by atomic mass is 10.1. The van der Waals surface area contributed by atoms with Crippen molar-refractivity contribution in [2.75, 3.05) is 36.5 Å². The molecule has 0 aliphatic rings. The van der Waals surface area contributed by atoms with Gasteiger partial charge in [0.25, 0.3) is 5.91 Å². The minimum atomic E-state index is -0.822. The minimum absolute atomic E-state index is 0.0358. The van der Waals surface area contributed by atoms with Gasteiger partial charge in [-0.1, -0.05) is 13.8 Å². The molecule has 208 valence electrons. The Morgan fingerprint density at radius 2 is 1.67 bits per heavy atom. The molecule has 0 unspecified atom stereocenters. The van der Waals surface area contributed by atoms with Gasteiger partial charge in [-0.25, -0.2) is 9.97 Å². The number of nitrogens with one attached hydrogen (secondary N) is 3. The monoisotopic (exact) mass is 536 g/mol. The fourth-order valence-electron chi connectivity index (χ4n) is 3.77. The van der Waals surface area contributed by atoms with Crippen molar-refractivity contribution in [3.63, 3.8) is 0 Å². The average Bonchev–Trinajstić information content (AvgIpc) is 2.92. The molecule has 3 aromatic rings. The maximum Gasteiger partial charge on any atom is 0.251 e. The first-order valence-electron chi connectivity index (χ1n) is 12.9. The molecule has 13 nitrogen and oxygen atoms in total. The molecular weight excluding hydrogens is 500 g/mol. The molecule has 3 amide bonds. The Morgan fingerprint density at radius 1 is 0.974 bits per heavy atom. The number of aromatic nitrogens is 4. The summed E-state index contributed by atoms with van der Waals surface area (Å²) in [5.74, 6) is -0.663. The number of nitrogens with zero attached hydrogens (tertiary/aromatic N) is 5. The van der Waals surface area contributed by atoms with Crippen LogP contribution < -0.4 is 32.3 Å². The molecule has 0 radical (unpaired) electrons. The van der Waals surface area contributed by atoms with Crippen molar-refractivity contribution < 1.29 is 14.4 Å². The Morgan fingerprint density at radius 3 is 2.36 bits per heavy atom. The zero-order chi connectivity index (χ0) is 28.4. The van der Waals surface area contributed by atoms with E-state index >= 15 is 0 Å². The number of amides is 3. The molecule has 2 aromatic heterocycles. The van der Waals surface area contributed by atoms with E-state index < -0.39 is 11.9 Å². The molecule has 0 bridgehead atoms. The number of carbonyl (C=O) groups is 3. The van der Waals surface area contributed by atoms with E-state index in [0.29, 0.717) is 42.1 Å². The fraction of sp³-hybridized carbons (Fsp3) is 0.423. The predicted molar refractivity (Wildman–Crippen MR) is 150 cm³/mol. The molecule has 7 N–H and O–H groups in total. The summed E-state index contributed by atoms with van der Waals surface area (Å²) < 4.78 is 0. The van der Waals surface area contributed by atoms with Crippen LogP contribution in [-0.2, 0) is 16.1 Å². The summed E-state index contributed by atoms with van der Waals surface area (Å²) in [5, 5.41) is 8.36. The lowest BCUT2D eigenvalue weighted by molar-refractivity contribution is -0.124. The van der Waals surface area contributed by atoms with Crippen molar-refractivity contribution in [1.82, 2.24) is 35.9 Å².